The Kier molecular flexibility index (Phi) is 3.06. The normalized spacial score (nSPS) is 10.2. The Bertz CT molecular complexity index is 480. The molecule has 1 heterocycles. The topological polar surface area (TPSA) is 29.0 Å². The lowest BCUT2D eigenvalue weighted by molar-refractivity contribution is 1.13. The number of hydrogen-bond acceptors (Lipinski definition) is 3. The highest BCUT2D eigenvalue weighted by molar-refractivity contribution is 6.29. The Morgan fingerprint density at radius 2 is 1.75 bits per heavy atom. The molecule has 0 saturated heterocycles. The first-order chi connectivity index (χ1) is 7.66. The van der Waals surface area contributed by atoms with E-state index in [4.69, 9.17) is 11.6 Å². The van der Waals surface area contributed by atoms with Gasteiger partial charge in [-0.3, -0.25) is 0 Å². The van der Waals surface area contributed by atoms with Gasteiger partial charge in [-0.1, -0.05) is 23.7 Å². The molecule has 0 bridgehead atoms. The van der Waals surface area contributed by atoms with Crippen molar-refractivity contribution in [1.29, 1.82) is 0 Å². The van der Waals surface area contributed by atoms with Gasteiger partial charge in [-0.25, -0.2) is 9.97 Å². The first kappa shape index (κ1) is 10.9. The summed E-state index contributed by atoms with van der Waals surface area (Å²) in [6.07, 6.45) is 1.47. The molecule has 0 radical (unpaired) electrons. The Morgan fingerprint density at radius 3 is 2.31 bits per heavy atom. The van der Waals surface area contributed by atoms with E-state index in [1.54, 1.807) is 6.07 Å². The highest BCUT2D eigenvalue weighted by Crippen LogP contribution is 2.21. The number of aromatic nitrogens is 2. The molecule has 16 heavy (non-hydrogen) atoms. The summed E-state index contributed by atoms with van der Waals surface area (Å²) in [7, 11) is 4.02. The van der Waals surface area contributed by atoms with Crippen molar-refractivity contribution in [2.24, 2.45) is 0 Å². The molecule has 0 aliphatic heterocycles. The molecule has 0 amide bonds. The second-order valence-corrected chi connectivity index (χ2v) is 4.05. The van der Waals surface area contributed by atoms with Crippen molar-refractivity contribution in [1.82, 2.24) is 9.97 Å². The first-order valence-electron chi connectivity index (χ1n) is 4.92. The molecule has 0 saturated carbocycles. The van der Waals surface area contributed by atoms with Gasteiger partial charge in [0, 0.05) is 31.4 Å². The van der Waals surface area contributed by atoms with Crippen molar-refractivity contribution >= 4 is 17.3 Å². The Labute approximate surface area is 99.7 Å². The van der Waals surface area contributed by atoms with E-state index in [-0.39, 0.29) is 0 Å². The van der Waals surface area contributed by atoms with Gasteiger partial charge in [-0.15, -0.1) is 0 Å². The van der Waals surface area contributed by atoms with E-state index < -0.39 is 0 Å². The minimum Gasteiger partial charge on any atom is -0.378 e. The maximum Gasteiger partial charge on any atom is 0.133 e. The van der Waals surface area contributed by atoms with Crippen LogP contribution in [-0.2, 0) is 0 Å². The number of rotatable bonds is 2. The molecule has 0 unspecified atom stereocenters. The molecular formula is C12H12ClN3. The lowest BCUT2D eigenvalue weighted by Gasteiger charge is -2.12. The SMILES string of the molecule is CN(C)c1ccc(-c2cc(Cl)ncn2)cc1. The standard InChI is InChI=1S/C12H12ClN3/c1-16(2)10-5-3-9(4-6-10)11-7-12(13)15-8-14-11/h3-8H,1-2H3. The van der Waals surface area contributed by atoms with E-state index in [0.29, 0.717) is 5.15 Å². The summed E-state index contributed by atoms with van der Waals surface area (Å²) < 4.78 is 0. The van der Waals surface area contributed by atoms with Crippen LogP contribution in [0.1, 0.15) is 0 Å². The molecule has 4 heteroatoms. The number of benzene rings is 1. The van der Waals surface area contributed by atoms with Crippen LogP contribution in [0.5, 0.6) is 0 Å². The summed E-state index contributed by atoms with van der Waals surface area (Å²) in [5.74, 6) is 0. The van der Waals surface area contributed by atoms with E-state index in [1.165, 1.54) is 6.33 Å². The molecule has 0 N–H and O–H groups in total. The molecule has 0 fully saturated rings. The van der Waals surface area contributed by atoms with E-state index in [2.05, 4.69) is 14.9 Å². The van der Waals surface area contributed by atoms with Gasteiger partial charge in [0.2, 0.25) is 0 Å². The highest BCUT2D eigenvalue weighted by Gasteiger charge is 2.01. The van der Waals surface area contributed by atoms with Crippen LogP contribution >= 0.6 is 11.6 Å². The summed E-state index contributed by atoms with van der Waals surface area (Å²) in [5, 5.41) is 0.460. The van der Waals surface area contributed by atoms with Crippen LogP contribution in [0.2, 0.25) is 5.15 Å². The van der Waals surface area contributed by atoms with E-state index in [0.717, 1.165) is 16.9 Å². The van der Waals surface area contributed by atoms with Crippen LogP contribution in [0.4, 0.5) is 5.69 Å². The fourth-order valence-corrected chi connectivity index (χ4v) is 1.57. The van der Waals surface area contributed by atoms with Crippen LogP contribution in [0, 0.1) is 0 Å². The van der Waals surface area contributed by atoms with Crippen molar-refractivity contribution in [2.45, 2.75) is 0 Å². The quantitative estimate of drug-likeness (QED) is 0.747. The zero-order valence-corrected chi connectivity index (χ0v) is 9.94. The van der Waals surface area contributed by atoms with Crippen LogP contribution in [0.15, 0.2) is 36.7 Å². The fraction of sp³-hybridized carbons (Fsp3) is 0.167. The highest BCUT2D eigenvalue weighted by atomic mass is 35.5. The predicted octanol–water partition coefficient (Wildman–Crippen LogP) is 2.86. The third-order valence-corrected chi connectivity index (χ3v) is 2.52. The third kappa shape index (κ3) is 2.31. The molecule has 1 aromatic carbocycles. The fourth-order valence-electron chi connectivity index (χ4n) is 1.42. The molecule has 1 aromatic heterocycles. The minimum absolute atomic E-state index is 0.460. The number of hydrogen-bond donors (Lipinski definition) is 0. The summed E-state index contributed by atoms with van der Waals surface area (Å²) in [6.45, 7) is 0. The average Bonchev–Trinajstić information content (AvgIpc) is 2.29. The molecule has 2 rings (SSSR count). The van der Waals surface area contributed by atoms with Crippen molar-refractivity contribution in [2.75, 3.05) is 19.0 Å². The van der Waals surface area contributed by atoms with Gasteiger partial charge in [-0.05, 0) is 12.1 Å². The lowest BCUT2D eigenvalue weighted by atomic mass is 10.1. The monoisotopic (exact) mass is 233 g/mol. The average molecular weight is 234 g/mol. The zero-order valence-electron chi connectivity index (χ0n) is 9.18. The maximum atomic E-state index is 5.82. The van der Waals surface area contributed by atoms with E-state index in [9.17, 15) is 0 Å². The van der Waals surface area contributed by atoms with Crippen molar-refractivity contribution < 1.29 is 0 Å². The molecular weight excluding hydrogens is 222 g/mol. The molecule has 0 aliphatic carbocycles. The van der Waals surface area contributed by atoms with Crippen molar-refractivity contribution in [3.05, 3.63) is 41.8 Å². The smallest absolute Gasteiger partial charge is 0.133 e. The van der Waals surface area contributed by atoms with Gasteiger partial charge in [0.15, 0.2) is 0 Å². The molecule has 2 aromatic rings. The second kappa shape index (κ2) is 4.49. The molecule has 3 nitrogen and oxygen atoms in total. The van der Waals surface area contributed by atoms with Crippen LogP contribution in [0.3, 0.4) is 0 Å². The molecule has 0 atom stereocenters. The summed E-state index contributed by atoms with van der Waals surface area (Å²) in [5.41, 5.74) is 3.03. The van der Waals surface area contributed by atoms with E-state index >= 15 is 0 Å². The lowest BCUT2D eigenvalue weighted by Crippen LogP contribution is -2.07. The molecule has 0 aliphatic rings. The van der Waals surface area contributed by atoms with Crippen LogP contribution < -0.4 is 4.90 Å². The van der Waals surface area contributed by atoms with Gasteiger partial charge in [0.1, 0.15) is 11.5 Å². The van der Waals surface area contributed by atoms with Crippen LogP contribution in [-0.4, -0.2) is 24.1 Å². The summed E-state index contributed by atoms with van der Waals surface area (Å²) in [4.78, 5) is 10.1. The largest absolute Gasteiger partial charge is 0.378 e. The first-order valence-corrected chi connectivity index (χ1v) is 5.30. The van der Waals surface area contributed by atoms with Gasteiger partial charge in [0.05, 0.1) is 5.69 Å². The summed E-state index contributed by atoms with van der Waals surface area (Å²) in [6, 6.07) is 9.89. The maximum absolute atomic E-state index is 5.82. The predicted molar refractivity (Wildman–Crippen MR) is 66.8 cm³/mol. The molecule has 0 spiro atoms. The van der Waals surface area contributed by atoms with Crippen LogP contribution in [0.25, 0.3) is 11.3 Å². The Morgan fingerprint density at radius 1 is 1.06 bits per heavy atom. The van der Waals surface area contributed by atoms with Gasteiger partial charge >= 0.3 is 0 Å². The number of nitrogens with zero attached hydrogens (tertiary/aromatic N) is 3. The Hall–Kier alpha value is -1.61. The van der Waals surface area contributed by atoms with Gasteiger partial charge in [0.25, 0.3) is 0 Å². The third-order valence-electron chi connectivity index (χ3n) is 2.31. The van der Waals surface area contributed by atoms with E-state index in [1.807, 2.05) is 38.4 Å². The molecule has 82 valence electrons. The summed E-state index contributed by atoms with van der Waals surface area (Å²) >= 11 is 5.82. The van der Waals surface area contributed by atoms with Crippen molar-refractivity contribution in [3.8, 4) is 11.3 Å². The van der Waals surface area contributed by atoms with Gasteiger partial charge < -0.3 is 4.90 Å². The number of halogens is 1. The Balaban J connectivity index is 2.35. The number of anilines is 1. The minimum atomic E-state index is 0.460. The van der Waals surface area contributed by atoms with Gasteiger partial charge in [-0.2, -0.15) is 0 Å². The second-order valence-electron chi connectivity index (χ2n) is 3.67. The zero-order chi connectivity index (χ0) is 11.5. The van der Waals surface area contributed by atoms with Crippen molar-refractivity contribution in [3.63, 3.8) is 0 Å².